The Labute approximate surface area is 119 Å². The van der Waals surface area contributed by atoms with Crippen LogP contribution in [0.15, 0.2) is 30.3 Å². The van der Waals surface area contributed by atoms with Crippen LogP contribution in [0.5, 0.6) is 0 Å². The fraction of sp³-hybridized carbons (Fsp3) is 0.308. The fourth-order valence-corrected chi connectivity index (χ4v) is 2.39. The highest BCUT2D eigenvalue weighted by Gasteiger charge is 2.14. The number of rotatable bonds is 5. The first kappa shape index (κ1) is 14.5. The van der Waals surface area contributed by atoms with E-state index in [0.29, 0.717) is 5.69 Å². The van der Waals surface area contributed by atoms with Gasteiger partial charge in [0.05, 0.1) is 11.2 Å². The van der Waals surface area contributed by atoms with Crippen molar-refractivity contribution in [2.75, 3.05) is 30.7 Å². The standard InChI is InChI=1S/C13H18N4O2S/c1-4-14-13-9-8-10-11(15-13)6-5-7-12(10)16-20(18,19)17(2)3/h5-9,16H,4H2,1-3H3,(H,14,15). The van der Waals surface area contributed by atoms with Crippen LogP contribution in [0.25, 0.3) is 10.9 Å². The number of aromatic nitrogens is 1. The first-order chi connectivity index (χ1) is 9.44. The summed E-state index contributed by atoms with van der Waals surface area (Å²) in [5.74, 6) is 0.771. The van der Waals surface area contributed by atoms with E-state index in [-0.39, 0.29) is 0 Å². The number of hydrogen-bond acceptors (Lipinski definition) is 4. The van der Waals surface area contributed by atoms with Crippen LogP contribution in [0.2, 0.25) is 0 Å². The quantitative estimate of drug-likeness (QED) is 0.883. The maximum atomic E-state index is 11.9. The van der Waals surface area contributed by atoms with E-state index < -0.39 is 10.2 Å². The largest absolute Gasteiger partial charge is 0.370 e. The molecule has 108 valence electrons. The summed E-state index contributed by atoms with van der Waals surface area (Å²) in [5, 5.41) is 3.89. The maximum Gasteiger partial charge on any atom is 0.301 e. The molecule has 0 fully saturated rings. The second-order valence-corrected chi connectivity index (χ2v) is 6.37. The van der Waals surface area contributed by atoms with Gasteiger partial charge >= 0.3 is 10.2 Å². The molecule has 1 heterocycles. The molecule has 0 radical (unpaired) electrons. The number of pyridine rings is 1. The summed E-state index contributed by atoms with van der Waals surface area (Å²) in [7, 11) is -0.561. The van der Waals surface area contributed by atoms with Crippen molar-refractivity contribution < 1.29 is 8.42 Å². The highest BCUT2D eigenvalue weighted by atomic mass is 32.2. The lowest BCUT2D eigenvalue weighted by Gasteiger charge is -2.15. The van der Waals surface area contributed by atoms with Crippen molar-refractivity contribution in [1.29, 1.82) is 0 Å². The number of hydrogen-bond donors (Lipinski definition) is 2. The van der Waals surface area contributed by atoms with E-state index in [0.717, 1.165) is 27.6 Å². The molecule has 6 nitrogen and oxygen atoms in total. The Hall–Kier alpha value is -1.86. The molecule has 0 bridgehead atoms. The van der Waals surface area contributed by atoms with Gasteiger partial charge in [-0.15, -0.1) is 0 Å². The third-order valence-corrected chi connectivity index (χ3v) is 4.25. The third kappa shape index (κ3) is 3.00. The molecule has 0 aliphatic rings. The minimum absolute atomic E-state index is 0.520. The van der Waals surface area contributed by atoms with Gasteiger partial charge in [0.15, 0.2) is 0 Å². The summed E-state index contributed by atoms with van der Waals surface area (Å²) in [6.07, 6.45) is 0. The highest BCUT2D eigenvalue weighted by molar-refractivity contribution is 7.90. The smallest absolute Gasteiger partial charge is 0.301 e. The van der Waals surface area contributed by atoms with E-state index in [1.165, 1.54) is 14.1 Å². The van der Waals surface area contributed by atoms with Crippen molar-refractivity contribution >= 4 is 32.6 Å². The van der Waals surface area contributed by atoms with Crippen LogP contribution in [-0.4, -0.2) is 38.3 Å². The van der Waals surface area contributed by atoms with Crippen LogP contribution in [0.4, 0.5) is 11.5 Å². The molecular formula is C13H18N4O2S. The van der Waals surface area contributed by atoms with Gasteiger partial charge in [0.2, 0.25) is 0 Å². The molecule has 0 spiro atoms. The molecule has 1 aromatic heterocycles. The summed E-state index contributed by atoms with van der Waals surface area (Å²) >= 11 is 0. The van der Waals surface area contributed by atoms with Gasteiger partial charge in [-0.3, -0.25) is 4.72 Å². The molecule has 0 saturated carbocycles. The van der Waals surface area contributed by atoms with E-state index in [1.807, 2.05) is 25.1 Å². The van der Waals surface area contributed by atoms with Crippen molar-refractivity contribution in [3.8, 4) is 0 Å². The van der Waals surface area contributed by atoms with Gasteiger partial charge < -0.3 is 5.32 Å². The normalized spacial score (nSPS) is 11.8. The Bertz CT molecular complexity index is 713. The molecule has 2 aromatic rings. The molecule has 0 aliphatic heterocycles. The van der Waals surface area contributed by atoms with E-state index >= 15 is 0 Å². The van der Waals surface area contributed by atoms with Crippen LogP contribution in [0.3, 0.4) is 0 Å². The Morgan fingerprint density at radius 1 is 1.20 bits per heavy atom. The highest BCUT2D eigenvalue weighted by Crippen LogP contribution is 2.24. The zero-order valence-electron chi connectivity index (χ0n) is 11.7. The number of nitrogens with one attached hydrogen (secondary N) is 2. The van der Waals surface area contributed by atoms with Crippen molar-refractivity contribution in [1.82, 2.24) is 9.29 Å². The van der Waals surface area contributed by atoms with Crippen LogP contribution >= 0.6 is 0 Å². The Morgan fingerprint density at radius 2 is 1.95 bits per heavy atom. The van der Waals surface area contributed by atoms with Crippen LogP contribution in [0, 0.1) is 0 Å². The molecule has 0 saturated heterocycles. The second-order valence-electron chi connectivity index (χ2n) is 4.49. The number of anilines is 2. The Kier molecular flexibility index (Phi) is 4.10. The van der Waals surface area contributed by atoms with Gasteiger partial charge in [-0.25, -0.2) is 4.98 Å². The second kappa shape index (κ2) is 5.64. The minimum Gasteiger partial charge on any atom is -0.370 e. The van der Waals surface area contributed by atoms with Crippen molar-refractivity contribution in [2.24, 2.45) is 0 Å². The monoisotopic (exact) mass is 294 g/mol. The predicted octanol–water partition coefficient (Wildman–Crippen LogP) is 1.88. The van der Waals surface area contributed by atoms with Gasteiger partial charge in [-0.2, -0.15) is 12.7 Å². The number of fused-ring (bicyclic) bond motifs is 1. The van der Waals surface area contributed by atoms with E-state index in [2.05, 4.69) is 15.0 Å². The van der Waals surface area contributed by atoms with E-state index in [4.69, 9.17) is 0 Å². The first-order valence-corrected chi connectivity index (χ1v) is 7.72. The van der Waals surface area contributed by atoms with Gasteiger partial charge in [-0.05, 0) is 31.2 Å². The molecule has 20 heavy (non-hydrogen) atoms. The molecule has 1 aromatic carbocycles. The first-order valence-electron chi connectivity index (χ1n) is 6.28. The van der Waals surface area contributed by atoms with E-state index in [9.17, 15) is 8.42 Å². The lowest BCUT2D eigenvalue weighted by Crippen LogP contribution is -2.29. The zero-order valence-corrected chi connectivity index (χ0v) is 12.5. The van der Waals surface area contributed by atoms with Gasteiger partial charge in [0.1, 0.15) is 5.82 Å². The third-order valence-electron chi connectivity index (χ3n) is 2.81. The summed E-state index contributed by atoms with van der Waals surface area (Å²) in [5.41, 5.74) is 1.26. The number of benzene rings is 1. The lowest BCUT2D eigenvalue weighted by atomic mass is 10.2. The summed E-state index contributed by atoms with van der Waals surface area (Å²) in [6.45, 7) is 2.78. The van der Waals surface area contributed by atoms with E-state index in [1.54, 1.807) is 12.1 Å². The topological polar surface area (TPSA) is 74.3 Å². The van der Waals surface area contributed by atoms with Crippen molar-refractivity contribution in [2.45, 2.75) is 6.92 Å². The average molecular weight is 294 g/mol. The van der Waals surface area contributed by atoms with Crippen molar-refractivity contribution in [3.05, 3.63) is 30.3 Å². The molecule has 0 unspecified atom stereocenters. The summed E-state index contributed by atoms with van der Waals surface area (Å²) < 4.78 is 27.5. The van der Waals surface area contributed by atoms with Gasteiger partial charge in [0.25, 0.3) is 0 Å². The fourth-order valence-electron chi connectivity index (χ4n) is 1.75. The van der Waals surface area contributed by atoms with Gasteiger partial charge in [0, 0.05) is 26.0 Å². The Balaban J connectivity index is 2.45. The minimum atomic E-state index is -3.52. The SMILES string of the molecule is CCNc1ccc2c(NS(=O)(=O)N(C)C)cccc2n1. The van der Waals surface area contributed by atoms with Crippen LogP contribution < -0.4 is 10.0 Å². The molecular weight excluding hydrogens is 276 g/mol. The predicted molar refractivity (Wildman–Crippen MR) is 82.1 cm³/mol. The summed E-state index contributed by atoms with van der Waals surface area (Å²) in [6, 6.07) is 9.04. The Morgan fingerprint density at radius 3 is 2.60 bits per heavy atom. The molecule has 7 heteroatoms. The van der Waals surface area contributed by atoms with Gasteiger partial charge in [-0.1, -0.05) is 6.07 Å². The van der Waals surface area contributed by atoms with Crippen LogP contribution in [-0.2, 0) is 10.2 Å². The lowest BCUT2D eigenvalue weighted by molar-refractivity contribution is 0.527. The number of nitrogens with zero attached hydrogens (tertiary/aromatic N) is 2. The molecule has 0 amide bonds. The molecule has 2 rings (SSSR count). The van der Waals surface area contributed by atoms with Crippen LogP contribution in [0.1, 0.15) is 6.92 Å². The zero-order chi connectivity index (χ0) is 14.8. The van der Waals surface area contributed by atoms with Crippen molar-refractivity contribution in [3.63, 3.8) is 0 Å². The summed E-state index contributed by atoms with van der Waals surface area (Å²) in [4.78, 5) is 4.44. The maximum absolute atomic E-state index is 11.9. The molecule has 2 N–H and O–H groups in total. The average Bonchev–Trinajstić information content (AvgIpc) is 2.38. The molecule has 0 atom stereocenters. The molecule has 0 aliphatic carbocycles.